The quantitative estimate of drug-likeness (QED) is 0.519. The van der Waals surface area contributed by atoms with Crippen molar-refractivity contribution in [2.24, 2.45) is 5.92 Å². The molecule has 0 aromatic rings. The zero-order chi connectivity index (χ0) is 12.6. The number of hydrogen-bond acceptors (Lipinski definition) is 4. The lowest BCUT2D eigenvalue weighted by molar-refractivity contribution is -0.159. The van der Waals surface area contributed by atoms with Gasteiger partial charge in [-0.3, -0.25) is 9.59 Å². The highest BCUT2D eigenvalue weighted by molar-refractivity contribution is 5.97. The molecule has 4 nitrogen and oxygen atoms in total. The van der Waals surface area contributed by atoms with E-state index < -0.39 is 23.7 Å². The lowest BCUT2D eigenvalue weighted by Gasteiger charge is -2.10. The van der Waals surface area contributed by atoms with Crippen LogP contribution in [-0.2, 0) is 19.1 Å². The average Bonchev–Trinajstić information content (AvgIpc) is 2.25. The van der Waals surface area contributed by atoms with Crippen LogP contribution in [0.15, 0.2) is 11.9 Å². The number of ether oxygens (including phenoxy) is 2. The summed E-state index contributed by atoms with van der Waals surface area (Å²) in [7, 11) is 0. The molecule has 0 heterocycles. The molecule has 0 aliphatic heterocycles. The highest BCUT2D eigenvalue weighted by atomic mass is 19.1. The van der Waals surface area contributed by atoms with Gasteiger partial charge in [-0.2, -0.15) is 0 Å². The molecular formula is C11H17FO4. The Bertz CT molecular complexity index is 255. The summed E-state index contributed by atoms with van der Waals surface area (Å²) in [5.41, 5.74) is 0. The van der Waals surface area contributed by atoms with Gasteiger partial charge in [-0.15, -0.1) is 0 Å². The molecule has 0 saturated carbocycles. The minimum Gasteiger partial charge on any atom is -0.465 e. The Labute approximate surface area is 94.4 Å². The van der Waals surface area contributed by atoms with Crippen LogP contribution in [0.5, 0.6) is 0 Å². The number of esters is 2. The second-order valence-electron chi connectivity index (χ2n) is 2.95. The highest BCUT2D eigenvalue weighted by Crippen LogP contribution is 2.12. The van der Waals surface area contributed by atoms with E-state index in [2.05, 4.69) is 9.47 Å². The minimum atomic E-state index is -1.31. The van der Waals surface area contributed by atoms with Gasteiger partial charge in [0.15, 0.2) is 5.92 Å². The molecule has 0 aliphatic carbocycles. The fourth-order valence-electron chi connectivity index (χ4n) is 0.995. The van der Waals surface area contributed by atoms with E-state index >= 15 is 0 Å². The third-order valence-electron chi connectivity index (χ3n) is 1.77. The monoisotopic (exact) mass is 232 g/mol. The summed E-state index contributed by atoms with van der Waals surface area (Å²) in [5, 5.41) is 0. The topological polar surface area (TPSA) is 52.6 Å². The van der Waals surface area contributed by atoms with Crippen molar-refractivity contribution in [3.63, 3.8) is 0 Å². The fraction of sp³-hybridized carbons (Fsp3) is 0.636. The second-order valence-corrected chi connectivity index (χ2v) is 2.95. The van der Waals surface area contributed by atoms with Crippen molar-refractivity contribution in [2.75, 3.05) is 13.2 Å². The maximum absolute atomic E-state index is 13.0. The van der Waals surface area contributed by atoms with Crippen molar-refractivity contribution in [1.29, 1.82) is 0 Å². The molecule has 0 amide bonds. The predicted octanol–water partition coefficient (Wildman–Crippen LogP) is 1.99. The summed E-state index contributed by atoms with van der Waals surface area (Å²) in [6.45, 7) is 5.08. The van der Waals surface area contributed by atoms with E-state index in [0.717, 1.165) is 6.08 Å². The molecule has 5 heteroatoms. The van der Waals surface area contributed by atoms with Gasteiger partial charge < -0.3 is 9.47 Å². The molecule has 0 unspecified atom stereocenters. The first-order valence-electron chi connectivity index (χ1n) is 5.26. The largest absolute Gasteiger partial charge is 0.465 e. The SMILES string of the molecule is CCOC(=O)C(/C=C(/F)CC)C(=O)OCC. The third-order valence-corrected chi connectivity index (χ3v) is 1.77. The van der Waals surface area contributed by atoms with Gasteiger partial charge in [-0.25, -0.2) is 4.39 Å². The van der Waals surface area contributed by atoms with Crippen LogP contribution in [0.3, 0.4) is 0 Å². The van der Waals surface area contributed by atoms with Gasteiger partial charge in [-0.1, -0.05) is 6.92 Å². The van der Waals surface area contributed by atoms with Crippen molar-refractivity contribution < 1.29 is 23.5 Å². The van der Waals surface area contributed by atoms with Gasteiger partial charge in [0.2, 0.25) is 0 Å². The van der Waals surface area contributed by atoms with E-state index in [9.17, 15) is 14.0 Å². The lowest BCUT2D eigenvalue weighted by Crippen LogP contribution is -2.26. The number of rotatable bonds is 6. The smallest absolute Gasteiger partial charge is 0.324 e. The molecule has 0 aliphatic rings. The van der Waals surface area contributed by atoms with E-state index in [1.165, 1.54) is 0 Å². The average molecular weight is 232 g/mol. The van der Waals surface area contributed by atoms with Gasteiger partial charge in [0.1, 0.15) is 0 Å². The molecule has 0 bridgehead atoms. The van der Waals surface area contributed by atoms with Crippen LogP contribution < -0.4 is 0 Å². The van der Waals surface area contributed by atoms with Crippen molar-refractivity contribution in [3.8, 4) is 0 Å². The van der Waals surface area contributed by atoms with Crippen LogP contribution in [-0.4, -0.2) is 25.2 Å². The maximum atomic E-state index is 13.0. The van der Waals surface area contributed by atoms with Gasteiger partial charge in [0.25, 0.3) is 0 Å². The Balaban J connectivity index is 4.76. The lowest BCUT2D eigenvalue weighted by atomic mass is 10.1. The Morgan fingerprint density at radius 1 is 1.12 bits per heavy atom. The summed E-state index contributed by atoms with van der Waals surface area (Å²) < 4.78 is 22.4. The Hall–Kier alpha value is -1.39. The van der Waals surface area contributed by atoms with Crippen LogP contribution in [0.1, 0.15) is 27.2 Å². The molecule has 0 aromatic carbocycles. The van der Waals surface area contributed by atoms with Crippen molar-refractivity contribution in [1.82, 2.24) is 0 Å². The van der Waals surface area contributed by atoms with Gasteiger partial charge in [0.05, 0.1) is 19.0 Å². The molecule has 0 atom stereocenters. The Morgan fingerprint density at radius 3 is 1.88 bits per heavy atom. The minimum absolute atomic E-state index is 0.120. The second kappa shape index (κ2) is 7.84. The molecule has 0 aromatic heterocycles. The fourth-order valence-corrected chi connectivity index (χ4v) is 0.995. The number of carbonyl (C=O) groups excluding carboxylic acids is 2. The molecule has 16 heavy (non-hydrogen) atoms. The third kappa shape index (κ3) is 4.91. The van der Waals surface area contributed by atoms with Crippen molar-refractivity contribution >= 4 is 11.9 Å². The van der Waals surface area contributed by atoms with Crippen molar-refractivity contribution in [3.05, 3.63) is 11.9 Å². The first-order valence-corrected chi connectivity index (χ1v) is 5.26. The van der Waals surface area contributed by atoms with Crippen LogP contribution in [0.4, 0.5) is 4.39 Å². The molecule has 0 radical (unpaired) electrons. The molecule has 92 valence electrons. The van der Waals surface area contributed by atoms with Crippen molar-refractivity contribution in [2.45, 2.75) is 27.2 Å². The Kier molecular flexibility index (Phi) is 7.16. The zero-order valence-electron chi connectivity index (χ0n) is 9.79. The number of carbonyl (C=O) groups is 2. The molecular weight excluding hydrogens is 215 g/mol. The van der Waals surface area contributed by atoms with E-state index in [0.29, 0.717) is 0 Å². The molecule has 0 spiro atoms. The number of halogens is 1. The zero-order valence-corrected chi connectivity index (χ0v) is 9.79. The maximum Gasteiger partial charge on any atom is 0.324 e. The van der Waals surface area contributed by atoms with E-state index in [-0.39, 0.29) is 19.6 Å². The summed E-state index contributed by atoms with van der Waals surface area (Å²) in [6, 6.07) is 0. The molecule has 0 rings (SSSR count). The van der Waals surface area contributed by atoms with Gasteiger partial charge in [0, 0.05) is 0 Å². The van der Waals surface area contributed by atoms with Crippen LogP contribution in [0.25, 0.3) is 0 Å². The summed E-state index contributed by atoms with van der Waals surface area (Å²) >= 11 is 0. The number of hydrogen-bond donors (Lipinski definition) is 0. The first-order chi connectivity index (χ1) is 7.56. The molecule has 0 fully saturated rings. The predicted molar refractivity (Wildman–Crippen MR) is 56.2 cm³/mol. The summed E-state index contributed by atoms with van der Waals surface area (Å²) in [5.74, 6) is -3.42. The summed E-state index contributed by atoms with van der Waals surface area (Å²) in [6.07, 6.45) is 1.06. The van der Waals surface area contributed by atoms with E-state index in [4.69, 9.17) is 0 Å². The van der Waals surface area contributed by atoms with Crippen LogP contribution >= 0.6 is 0 Å². The van der Waals surface area contributed by atoms with Gasteiger partial charge >= 0.3 is 11.9 Å². The van der Waals surface area contributed by atoms with Gasteiger partial charge in [-0.05, 0) is 26.3 Å². The summed E-state index contributed by atoms with van der Waals surface area (Å²) in [4.78, 5) is 22.8. The standard InChI is InChI=1S/C11H17FO4/c1-4-8(12)7-9(10(13)15-5-2)11(14)16-6-3/h7,9H,4-6H2,1-3H3/b8-7+. The normalized spacial score (nSPS) is 11.4. The van der Waals surface area contributed by atoms with Crippen LogP contribution in [0, 0.1) is 5.92 Å². The first kappa shape index (κ1) is 14.6. The highest BCUT2D eigenvalue weighted by Gasteiger charge is 2.27. The Morgan fingerprint density at radius 2 is 1.56 bits per heavy atom. The number of allylic oxidation sites excluding steroid dienone is 1. The van der Waals surface area contributed by atoms with E-state index in [1.807, 2.05) is 0 Å². The molecule has 0 saturated heterocycles. The molecule has 0 N–H and O–H groups in total. The van der Waals surface area contributed by atoms with Crippen LogP contribution in [0.2, 0.25) is 0 Å². The van der Waals surface area contributed by atoms with E-state index in [1.54, 1.807) is 20.8 Å².